The van der Waals surface area contributed by atoms with Crippen molar-refractivity contribution in [2.75, 3.05) is 15.7 Å². The predicted octanol–water partition coefficient (Wildman–Crippen LogP) is 4.14. The number of ether oxygens (including phenoxy) is 1. The molecule has 2 aromatic carbocycles. The monoisotopic (exact) mass is 536 g/mol. The highest BCUT2D eigenvalue weighted by atomic mass is 32.2. The van der Waals surface area contributed by atoms with E-state index in [9.17, 15) is 36.8 Å². The second-order valence-corrected chi connectivity index (χ2v) is 11.9. The molecule has 0 N–H and O–H groups in total. The molecule has 1 fully saturated rings. The first-order valence-electron chi connectivity index (χ1n) is 11.5. The van der Waals surface area contributed by atoms with Gasteiger partial charge >= 0.3 is 6.18 Å². The van der Waals surface area contributed by atoms with Crippen LogP contribution in [0.25, 0.3) is 0 Å². The van der Waals surface area contributed by atoms with Gasteiger partial charge in [-0.25, -0.2) is 8.42 Å². The van der Waals surface area contributed by atoms with E-state index in [-0.39, 0.29) is 34.2 Å². The van der Waals surface area contributed by atoms with Crippen LogP contribution in [-0.2, 0) is 10.0 Å². The SMILES string of the molecule is Cc1ccc(S(=O)(=O)N2C[C@H](CC3(C#N)CC3)Oc3ccc(N(C(=O)[O-])C(C)(C)C(F)(F)F)cc32)cc1. The minimum Gasteiger partial charge on any atom is -0.530 e. The second-order valence-electron chi connectivity index (χ2n) is 10.00. The third-order valence-electron chi connectivity index (χ3n) is 6.89. The molecule has 4 rings (SSSR count). The third kappa shape index (κ3) is 4.80. The summed E-state index contributed by atoms with van der Waals surface area (Å²) < 4.78 is 75.6. The Morgan fingerprint density at radius 1 is 1.22 bits per heavy atom. The van der Waals surface area contributed by atoms with Gasteiger partial charge in [0.1, 0.15) is 23.5 Å². The summed E-state index contributed by atoms with van der Waals surface area (Å²) in [7, 11) is -4.23. The Hall–Kier alpha value is -3.46. The Morgan fingerprint density at radius 3 is 2.35 bits per heavy atom. The Balaban J connectivity index is 1.83. The number of sulfonamides is 1. The van der Waals surface area contributed by atoms with Gasteiger partial charge in [0.15, 0.2) is 0 Å². The van der Waals surface area contributed by atoms with Crippen molar-refractivity contribution in [1.29, 1.82) is 5.26 Å². The Labute approximate surface area is 212 Å². The molecule has 1 aliphatic carbocycles. The molecule has 0 unspecified atom stereocenters. The zero-order valence-corrected chi connectivity index (χ0v) is 21.2. The molecule has 198 valence electrons. The molecule has 37 heavy (non-hydrogen) atoms. The van der Waals surface area contributed by atoms with Crippen LogP contribution >= 0.6 is 0 Å². The van der Waals surface area contributed by atoms with E-state index in [4.69, 9.17) is 4.74 Å². The van der Waals surface area contributed by atoms with Gasteiger partial charge in [0.2, 0.25) is 0 Å². The van der Waals surface area contributed by atoms with Crippen molar-refractivity contribution in [3.05, 3.63) is 48.0 Å². The predicted molar refractivity (Wildman–Crippen MR) is 126 cm³/mol. The van der Waals surface area contributed by atoms with Gasteiger partial charge < -0.3 is 19.5 Å². The minimum absolute atomic E-state index is 0.0465. The second kappa shape index (κ2) is 8.83. The highest BCUT2D eigenvalue weighted by Crippen LogP contribution is 2.51. The summed E-state index contributed by atoms with van der Waals surface area (Å²) in [6.45, 7) is 2.96. The number of fused-ring (bicyclic) bond motifs is 1. The van der Waals surface area contributed by atoms with Crippen LogP contribution in [0.2, 0.25) is 0 Å². The van der Waals surface area contributed by atoms with Gasteiger partial charge in [0.25, 0.3) is 10.0 Å². The zero-order chi connectivity index (χ0) is 27.4. The van der Waals surface area contributed by atoms with Crippen LogP contribution in [0.15, 0.2) is 47.4 Å². The third-order valence-corrected chi connectivity index (χ3v) is 8.68. The number of nitrogens with zero attached hydrogens (tertiary/aromatic N) is 3. The fourth-order valence-electron chi connectivity index (χ4n) is 4.34. The molecule has 8 nitrogen and oxygen atoms in total. The van der Waals surface area contributed by atoms with Crippen molar-refractivity contribution in [2.45, 2.75) is 62.7 Å². The summed E-state index contributed by atoms with van der Waals surface area (Å²) in [6, 6.07) is 11.7. The number of hydrogen-bond donors (Lipinski definition) is 0. The van der Waals surface area contributed by atoms with Crippen molar-refractivity contribution in [2.24, 2.45) is 5.41 Å². The van der Waals surface area contributed by atoms with Gasteiger partial charge in [-0.15, -0.1) is 0 Å². The molecule has 0 saturated heterocycles. The molecule has 0 radical (unpaired) electrons. The number of anilines is 2. The summed E-state index contributed by atoms with van der Waals surface area (Å²) in [4.78, 5) is 11.9. The highest BCUT2D eigenvalue weighted by Gasteiger charge is 2.53. The lowest BCUT2D eigenvalue weighted by molar-refractivity contribution is -0.254. The number of aryl methyl sites for hydroxylation is 1. The summed E-state index contributed by atoms with van der Waals surface area (Å²) in [5.41, 5.74) is -3.19. The molecule has 1 atom stereocenters. The van der Waals surface area contributed by atoms with E-state index >= 15 is 0 Å². The standard InChI is InChI=1S/C25H26F3N3O5S/c1-16-4-7-19(8-5-16)37(34,35)30-14-18(13-24(15-29)10-11-24)36-21-9-6-17(12-20(21)30)31(22(32)33)23(2,3)25(26,27)28/h4-9,12,18H,10-11,13-14H2,1-3H3,(H,32,33)/p-1/t18-/m0/s1. The van der Waals surface area contributed by atoms with Crippen molar-refractivity contribution >= 4 is 27.5 Å². The molecule has 1 aliphatic heterocycles. The molecule has 1 heterocycles. The maximum Gasteiger partial charge on any atom is 0.411 e. The Morgan fingerprint density at radius 2 is 1.84 bits per heavy atom. The lowest BCUT2D eigenvalue weighted by Crippen LogP contribution is -2.60. The van der Waals surface area contributed by atoms with E-state index in [0.717, 1.165) is 22.0 Å². The van der Waals surface area contributed by atoms with Crippen molar-refractivity contribution < 1.29 is 36.2 Å². The van der Waals surface area contributed by atoms with E-state index in [1.54, 1.807) is 19.1 Å². The average molecular weight is 537 g/mol. The largest absolute Gasteiger partial charge is 0.530 e. The quantitative estimate of drug-likeness (QED) is 0.549. The van der Waals surface area contributed by atoms with Crippen LogP contribution in [0.3, 0.4) is 0 Å². The first-order chi connectivity index (χ1) is 17.1. The number of benzene rings is 2. The van der Waals surface area contributed by atoms with Crippen LogP contribution in [0.5, 0.6) is 5.75 Å². The average Bonchev–Trinajstić information content (AvgIpc) is 3.57. The molecule has 1 amide bonds. The van der Waals surface area contributed by atoms with Gasteiger partial charge in [0, 0.05) is 12.1 Å². The van der Waals surface area contributed by atoms with Crippen LogP contribution in [0.4, 0.5) is 29.3 Å². The van der Waals surface area contributed by atoms with E-state index in [1.165, 1.54) is 18.2 Å². The number of carboxylic acid groups (broad SMARTS) is 1. The van der Waals surface area contributed by atoms with Crippen LogP contribution in [0.1, 0.15) is 38.7 Å². The molecule has 1 saturated carbocycles. The highest BCUT2D eigenvalue weighted by molar-refractivity contribution is 7.92. The molecule has 12 heteroatoms. The maximum atomic E-state index is 13.7. The topological polar surface area (TPSA) is 114 Å². The minimum atomic E-state index is -4.95. The van der Waals surface area contributed by atoms with Gasteiger partial charge in [-0.1, -0.05) is 17.7 Å². The number of halogens is 3. The summed E-state index contributed by atoms with van der Waals surface area (Å²) in [5.74, 6) is 0.0486. The molecule has 2 aromatic rings. The van der Waals surface area contributed by atoms with Gasteiger partial charge in [0.05, 0.1) is 28.6 Å². The van der Waals surface area contributed by atoms with E-state index in [1.807, 2.05) is 0 Å². The van der Waals surface area contributed by atoms with Crippen LogP contribution in [-0.4, -0.2) is 38.9 Å². The van der Waals surface area contributed by atoms with E-state index in [2.05, 4.69) is 6.07 Å². The number of nitriles is 1. The number of rotatable bonds is 6. The van der Waals surface area contributed by atoms with Crippen molar-refractivity contribution in [3.8, 4) is 11.8 Å². The van der Waals surface area contributed by atoms with E-state index < -0.39 is 45.0 Å². The smallest absolute Gasteiger partial charge is 0.411 e. The number of carbonyl (C=O) groups excluding carboxylic acids is 1. The van der Waals surface area contributed by atoms with Gasteiger partial charge in [-0.05, 0) is 63.9 Å². The van der Waals surface area contributed by atoms with Gasteiger partial charge in [-0.3, -0.25) is 4.31 Å². The number of carbonyl (C=O) groups is 1. The fourth-order valence-corrected chi connectivity index (χ4v) is 5.84. The van der Waals surface area contributed by atoms with Crippen LogP contribution < -0.4 is 19.0 Å². The molecule has 0 bridgehead atoms. The summed E-state index contributed by atoms with van der Waals surface area (Å²) >= 11 is 0. The van der Waals surface area contributed by atoms with Crippen molar-refractivity contribution in [3.63, 3.8) is 0 Å². The Bertz CT molecular complexity index is 1360. The molecular weight excluding hydrogens is 511 g/mol. The normalized spacial score (nSPS) is 18.8. The van der Waals surface area contributed by atoms with Gasteiger partial charge in [-0.2, -0.15) is 18.4 Å². The maximum absolute atomic E-state index is 13.7. The lowest BCUT2D eigenvalue weighted by atomic mass is 9.99. The molecular formula is C25H25F3N3O5S-. The number of hydrogen-bond acceptors (Lipinski definition) is 6. The number of amides is 1. The summed E-state index contributed by atoms with van der Waals surface area (Å²) in [6.07, 6.45) is -6.15. The van der Waals surface area contributed by atoms with Crippen molar-refractivity contribution in [1.82, 2.24) is 0 Å². The molecule has 2 aliphatic rings. The fraction of sp³-hybridized carbons (Fsp3) is 0.440. The van der Waals surface area contributed by atoms with E-state index in [0.29, 0.717) is 26.7 Å². The first-order valence-corrected chi connectivity index (χ1v) is 12.9. The Kier molecular flexibility index (Phi) is 6.35. The lowest BCUT2D eigenvalue weighted by Gasteiger charge is -2.42. The first kappa shape index (κ1) is 26.6. The zero-order valence-electron chi connectivity index (χ0n) is 20.4. The van der Waals surface area contributed by atoms with Crippen LogP contribution in [0, 0.1) is 23.7 Å². The number of alkyl halides is 3. The summed E-state index contributed by atoms with van der Waals surface area (Å²) in [5, 5.41) is 21.4. The molecule has 0 aromatic heterocycles. The molecule has 0 spiro atoms.